The van der Waals surface area contributed by atoms with Crippen LogP contribution in [0.25, 0.3) is 0 Å². The van der Waals surface area contributed by atoms with Gasteiger partial charge in [-0.2, -0.15) is 0 Å². The molecule has 0 bridgehead atoms. The van der Waals surface area contributed by atoms with E-state index in [4.69, 9.17) is 9.73 Å². The number of carbonyl (C=O) groups excluding carboxylic acids is 1. The molecule has 30 heavy (non-hydrogen) atoms. The molecule has 152 valence electrons. The highest BCUT2D eigenvalue weighted by molar-refractivity contribution is 9.10. The molecular weight excluding hydrogens is 444 g/mol. The van der Waals surface area contributed by atoms with Gasteiger partial charge in [0, 0.05) is 28.2 Å². The van der Waals surface area contributed by atoms with Crippen molar-refractivity contribution in [2.45, 2.75) is 18.6 Å². The molecule has 0 spiro atoms. The molecule has 4 rings (SSSR count). The summed E-state index contributed by atoms with van der Waals surface area (Å²) in [5.41, 5.74) is 4.23. The largest absolute Gasteiger partial charge is 0.508 e. The Morgan fingerprint density at radius 3 is 2.57 bits per heavy atom. The normalized spacial score (nSPS) is 18.5. The molecule has 2 N–H and O–H groups in total. The summed E-state index contributed by atoms with van der Waals surface area (Å²) in [6.45, 7) is 0. The van der Waals surface area contributed by atoms with E-state index in [1.165, 1.54) is 7.11 Å². The highest BCUT2D eigenvalue weighted by Gasteiger charge is 2.27. The van der Waals surface area contributed by atoms with Gasteiger partial charge < -0.3 is 9.84 Å². The Labute approximate surface area is 183 Å². The van der Waals surface area contributed by atoms with Crippen molar-refractivity contribution in [3.8, 4) is 5.75 Å². The third-order valence-electron chi connectivity index (χ3n) is 5.16. The lowest BCUT2D eigenvalue weighted by Gasteiger charge is -2.31. The highest BCUT2D eigenvalue weighted by Crippen LogP contribution is 2.34. The molecule has 1 aliphatic rings. The van der Waals surface area contributed by atoms with Crippen LogP contribution in [0, 0.1) is 0 Å². The summed E-state index contributed by atoms with van der Waals surface area (Å²) in [5, 5.41) is 13.9. The molecule has 3 aromatic rings. The summed E-state index contributed by atoms with van der Waals surface area (Å²) in [7, 11) is 1.37. The minimum absolute atomic E-state index is 0.108. The fraction of sp³-hybridized carbons (Fsp3) is 0.167. The predicted octanol–water partition coefficient (Wildman–Crippen LogP) is 5.16. The second kappa shape index (κ2) is 8.81. The number of aromatic hydroxyl groups is 1. The third kappa shape index (κ3) is 4.30. The van der Waals surface area contributed by atoms with Crippen LogP contribution in [-0.2, 0) is 4.74 Å². The number of phenolic OH excluding ortho intramolecular Hbond substituents is 1. The maximum Gasteiger partial charge on any atom is 0.337 e. The second-order valence-electron chi connectivity index (χ2n) is 7.08. The Morgan fingerprint density at radius 2 is 1.87 bits per heavy atom. The van der Waals surface area contributed by atoms with E-state index < -0.39 is 0 Å². The zero-order valence-electron chi connectivity index (χ0n) is 16.4. The Morgan fingerprint density at radius 1 is 1.10 bits per heavy atom. The number of ether oxygens (including phenoxy) is 1. The average Bonchev–Trinajstić information content (AvgIpc) is 2.78. The van der Waals surface area contributed by atoms with E-state index >= 15 is 0 Å². The number of nitrogens with zero attached hydrogens (tertiary/aromatic N) is 1. The zero-order valence-corrected chi connectivity index (χ0v) is 18.0. The molecule has 6 heteroatoms. The number of nitrogens with one attached hydrogen (secondary N) is 1. The van der Waals surface area contributed by atoms with Crippen LogP contribution in [0.4, 0.5) is 0 Å². The number of hydrogen-bond acceptors (Lipinski definition) is 5. The molecule has 1 heterocycles. The topological polar surface area (TPSA) is 70.9 Å². The van der Waals surface area contributed by atoms with Crippen LogP contribution < -0.4 is 5.32 Å². The molecule has 0 saturated heterocycles. The maximum atomic E-state index is 11.7. The number of halogens is 1. The van der Waals surface area contributed by atoms with Crippen LogP contribution in [0.5, 0.6) is 5.75 Å². The fourth-order valence-electron chi connectivity index (χ4n) is 3.62. The van der Waals surface area contributed by atoms with Crippen molar-refractivity contribution in [3.05, 3.63) is 99.5 Å². The predicted molar refractivity (Wildman–Crippen MR) is 120 cm³/mol. The highest BCUT2D eigenvalue weighted by atomic mass is 79.9. The van der Waals surface area contributed by atoms with Crippen molar-refractivity contribution in [1.29, 1.82) is 0 Å². The van der Waals surface area contributed by atoms with Gasteiger partial charge in [0.05, 0.1) is 12.7 Å². The minimum Gasteiger partial charge on any atom is -0.508 e. The number of para-hydroxylation sites is 1. The molecule has 0 amide bonds. The molecule has 2 atom stereocenters. The smallest absolute Gasteiger partial charge is 0.337 e. The van der Waals surface area contributed by atoms with Crippen molar-refractivity contribution >= 4 is 27.6 Å². The fourth-order valence-corrected chi connectivity index (χ4v) is 4.02. The van der Waals surface area contributed by atoms with Crippen LogP contribution in [-0.4, -0.2) is 23.9 Å². The lowest BCUT2D eigenvalue weighted by Crippen LogP contribution is -2.33. The van der Waals surface area contributed by atoms with Crippen molar-refractivity contribution in [2.24, 2.45) is 4.99 Å². The number of hydrogen-bond donors (Lipinski definition) is 2. The first-order valence-electron chi connectivity index (χ1n) is 9.60. The number of esters is 1. The third-order valence-corrected chi connectivity index (χ3v) is 5.65. The summed E-state index contributed by atoms with van der Waals surface area (Å²) in [5.74, 6) is -0.117. The number of benzene rings is 3. The lowest BCUT2D eigenvalue weighted by molar-refractivity contribution is 0.0600. The van der Waals surface area contributed by atoms with Crippen LogP contribution in [0.2, 0.25) is 0 Å². The zero-order chi connectivity index (χ0) is 21.1. The number of methoxy groups -OCH3 is 1. The Balaban J connectivity index is 1.73. The average molecular weight is 465 g/mol. The Hall–Kier alpha value is -2.96. The van der Waals surface area contributed by atoms with Crippen LogP contribution in [0.1, 0.15) is 45.7 Å². The van der Waals surface area contributed by atoms with E-state index in [1.54, 1.807) is 18.2 Å². The van der Waals surface area contributed by atoms with Gasteiger partial charge >= 0.3 is 5.97 Å². The van der Waals surface area contributed by atoms with Crippen LogP contribution >= 0.6 is 15.9 Å². The van der Waals surface area contributed by atoms with Crippen molar-refractivity contribution < 1.29 is 14.6 Å². The van der Waals surface area contributed by atoms with E-state index in [0.717, 1.165) is 26.9 Å². The van der Waals surface area contributed by atoms with E-state index in [-0.39, 0.29) is 23.9 Å². The van der Waals surface area contributed by atoms with Crippen molar-refractivity contribution in [2.75, 3.05) is 7.11 Å². The quantitative estimate of drug-likeness (QED) is 0.522. The molecule has 0 aliphatic carbocycles. The second-order valence-corrected chi connectivity index (χ2v) is 8.00. The summed E-state index contributed by atoms with van der Waals surface area (Å²) in [6, 6.07) is 22.5. The Kier molecular flexibility index (Phi) is 5.97. The minimum atomic E-state index is -0.372. The maximum absolute atomic E-state index is 11.7. The summed E-state index contributed by atoms with van der Waals surface area (Å²) < 4.78 is 5.77. The van der Waals surface area contributed by atoms with Gasteiger partial charge in [0.1, 0.15) is 11.9 Å². The Bertz CT molecular complexity index is 1100. The van der Waals surface area contributed by atoms with Gasteiger partial charge in [-0.15, -0.1) is 0 Å². The SMILES string of the molecule is COC(=O)c1ccc(C2N=C(c3cccc(Br)c3)CC(c3ccccc3O)N2)cc1. The van der Waals surface area contributed by atoms with E-state index in [1.807, 2.05) is 54.6 Å². The number of carbonyl (C=O) groups is 1. The molecule has 0 radical (unpaired) electrons. The van der Waals surface area contributed by atoms with Crippen molar-refractivity contribution in [1.82, 2.24) is 5.32 Å². The molecule has 0 fully saturated rings. The van der Waals surface area contributed by atoms with Crippen LogP contribution in [0.15, 0.2) is 82.3 Å². The van der Waals surface area contributed by atoms with Gasteiger partial charge in [0.25, 0.3) is 0 Å². The standard InChI is InChI=1S/C24H21BrN2O3/c1-30-24(29)16-11-9-15(10-12-16)23-26-20(17-5-4-6-18(25)13-17)14-21(27-23)19-7-2-3-8-22(19)28/h2-13,21,23,27-28H,14H2,1H3. The van der Waals surface area contributed by atoms with Gasteiger partial charge in [-0.3, -0.25) is 10.3 Å². The first kappa shape index (κ1) is 20.3. The summed E-state index contributed by atoms with van der Waals surface area (Å²) >= 11 is 3.53. The number of phenols is 1. The number of rotatable bonds is 4. The molecular formula is C24H21BrN2O3. The van der Waals surface area contributed by atoms with Gasteiger partial charge in [-0.25, -0.2) is 4.79 Å². The lowest BCUT2D eigenvalue weighted by atomic mass is 9.93. The van der Waals surface area contributed by atoms with E-state index in [2.05, 4.69) is 21.2 Å². The monoisotopic (exact) mass is 464 g/mol. The molecule has 0 saturated carbocycles. The first-order chi connectivity index (χ1) is 14.5. The molecule has 0 aromatic heterocycles. The van der Waals surface area contributed by atoms with Gasteiger partial charge in [-0.1, -0.05) is 58.4 Å². The van der Waals surface area contributed by atoms with Gasteiger partial charge in [-0.05, 0) is 41.5 Å². The van der Waals surface area contributed by atoms with Gasteiger partial charge in [0.15, 0.2) is 0 Å². The molecule has 5 nitrogen and oxygen atoms in total. The number of aliphatic imine (C=N–C) groups is 1. The molecule has 1 aliphatic heterocycles. The van der Waals surface area contributed by atoms with Crippen molar-refractivity contribution in [3.63, 3.8) is 0 Å². The summed E-state index contributed by atoms with van der Waals surface area (Å²) in [6.07, 6.45) is 0.328. The molecule has 3 aromatic carbocycles. The van der Waals surface area contributed by atoms with Gasteiger partial charge in [0.2, 0.25) is 0 Å². The molecule has 2 unspecified atom stereocenters. The van der Waals surface area contributed by atoms with Crippen LogP contribution in [0.3, 0.4) is 0 Å². The summed E-state index contributed by atoms with van der Waals surface area (Å²) in [4.78, 5) is 16.7. The van der Waals surface area contributed by atoms with E-state index in [0.29, 0.717) is 12.0 Å². The van der Waals surface area contributed by atoms with E-state index in [9.17, 15) is 9.90 Å². The first-order valence-corrected chi connectivity index (χ1v) is 10.4.